The highest BCUT2D eigenvalue weighted by Crippen LogP contribution is 2.19. The number of nitrogens with zero attached hydrogens (tertiary/aromatic N) is 2. The van der Waals surface area contributed by atoms with E-state index in [1.807, 2.05) is 50.2 Å². The lowest BCUT2D eigenvalue weighted by molar-refractivity contribution is 0.525. The van der Waals surface area contributed by atoms with E-state index in [1.165, 1.54) is 5.56 Å². The number of aryl methyl sites for hydroxylation is 2. The Kier molecular flexibility index (Phi) is 3.44. The third-order valence-corrected chi connectivity index (χ3v) is 3.36. The van der Waals surface area contributed by atoms with Crippen molar-refractivity contribution < 1.29 is 4.42 Å². The Morgan fingerprint density at radius 3 is 2.71 bits per heavy atom. The van der Waals surface area contributed by atoms with Gasteiger partial charge < -0.3 is 4.42 Å². The van der Waals surface area contributed by atoms with E-state index in [9.17, 15) is 0 Å². The van der Waals surface area contributed by atoms with Gasteiger partial charge in [-0.05, 0) is 50.6 Å². The average Bonchev–Trinajstić information content (AvgIpc) is 2.91. The van der Waals surface area contributed by atoms with Crippen LogP contribution in [-0.4, -0.2) is 10.7 Å². The second kappa shape index (κ2) is 5.40. The fraction of sp³-hybridized carbons (Fsp3) is 0.176. The van der Waals surface area contributed by atoms with Gasteiger partial charge in [0.15, 0.2) is 0 Å². The molecule has 1 N–H and O–H groups in total. The molecule has 0 aliphatic carbocycles. The number of nitrogens with one attached hydrogen (secondary N) is 1. The van der Waals surface area contributed by atoms with E-state index in [4.69, 9.17) is 4.42 Å². The van der Waals surface area contributed by atoms with Crippen LogP contribution in [0.15, 0.2) is 52.0 Å². The zero-order chi connectivity index (χ0) is 14.8. The highest BCUT2D eigenvalue weighted by molar-refractivity contribution is 5.96. The van der Waals surface area contributed by atoms with Crippen LogP contribution in [0, 0.1) is 13.8 Å². The largest absolute Gasteiger partial charge is 0.460 e. The predicted octanol–water partition coefficient (Wildman–Crippen LogP) is 4.28. The van der Waals surface area contributed by atoms with E-state index in [1.54, 1.807) is 0 Å². The lowest BCUT2D eigenvalue weighted by Crippen LogP contribution is -2.00. The number of rotatable bonds is 3. The summed E-state index contributed by atoms with van der Waals surface area (Å²) < 4.78 is 5.54. The molecule has 1 aromatic carbocycles. The second-order valence-electron chi connectivity index (χ2n) is 5.06. The first-order valence-electron chi connectivity index (χ1n) is 6.87. The summed E-state index contributed by atoms with van der Waals surface area (Å²) in [5.41, 5.74) is 5.92. The van der Waals surface area contributed by atoms with Gasteiger partial charge >= 0.3 is 0 Å². The van der Waals surface area contributed by atoms with E-state index in [0.717, 1.165) is 34.0 Å². The minimum atomic E-state index is 0.730. The van der Waals surface area contributed by atoms with Crippen molar-refractivity contribution in [1.29, 1.82) is 0 Å². The first-order valence-corrected chi connectivity index (χ1v) is 6.87. The quantitative estimate of drug-likeness (QED) is 0.575. The minimum Gasteiger partial charge on any atom is -0.460 e. The van der Waals surface area contributed by atoms with Gasteiger partial charge in [-0.3, -0.25) is 5.43 Å². The van der Waals surface area contributed by atoms with Crippen molar-refractivity contribution in [2.24, 2.45) is 5.10 Å². The SMILES string of the molecule is C/C(=N\Nc1cc(C)c2ccccc2n1)c1ccc(C)o1. The van der Waals surface area contributed by atoms with Crippen LogP contribution in [0.1, 0.15) is 24.0 Å². The summed E-state index contributed by atoms with van der Waals surface area (Å²) in [5.74, 6) is 2.37. The Morgan fingerprint density at radius 2 is 1.95 bits per heavy atom. The molecule has 3 rings (SSSR count). The first kappa shape index (κ1) is 13.4. The van der Waals surface area contributed by atoms with Crippen LogP contribution < -0.4 is 5.43 Å². The maximum atomic E-state index is 5.54. The number of aromatic nitrogens is 1. The molecule has 21 heavy (non-hydrogen) atoms. The van der Waals surface area contributed by atoms with Crippen LogP contribution in [-0.2, 0) is 0 Å². The molecule has 106 valence electrons. The van der Waals surface area contributed by atoms with Gasteiger partial charge in [0.25, 0.3) is 0 Å². The summed E-state index contributed by atoms with van der Waals surface area (Å²) >= 11 is 0. The third-order valence-electron chi connectivity index (χ3n) is 3.36. The van der Waals surface area contributed by atoms with Crippen LogP contribution in [0.25, 0.3) is 10.9 Å². The van der Waals surface area contributed by atoms with E-state index in [0.29, 0.717) is 0 Å². The molecule has 0 aliphatic rings. The highest BCUT2D eigenvalue weighted by atomic mass is 16.3. The number of hydrazone groups is 1. The van der Waals surface area contributed by atoms with Crippen molar-refractivity contribution in [2.45, 2.75) is 20.8 Å². The van der Waals surface area contributed by atoms with Crippen molar-refractivity contribution in [3.63, 3.8) is 0 Å². The Bertz CT molecular complexity index is 818. The van der Waals surface area contributed by atoms with Crippen LogP contribution >= 0.6 is 0 Å². The molecule has 4 heteroatoms. The molecule has 3 aromatic rings. The molecule has 0 fully saturated rings. The Hall–Kier alpha value is -2.62. The normalized spacial score (nSPS) is 11.9. The van der Waals surface area contributed by atoms with E-state index < -0.39 is 0 Å². The minimum absolute atomic E-state index is 0.730. The van der Waals surface area contributed by atoms with Crippen molar-refractivity contribution in [3.8, 4) is 0 Å². The smallest absolute Gasteiger partial charge is 0.149 e. The molecule has 0 saturated carbocycles. The molecule has 2 heterocycles. The monoisotopic (exact) mass is 279 g/mol. The first-order chi connectivity index (χ1) is 10.1. The second-order valence-corrected chi connectivity index (χ2v) is 5.06. The number of benzene rings is 1. The van der Waals surface area contributed by atoms with Crippen molar-refractivity contribution in [2.75, 3.05) is 5.43 Å². The molecule has 0 atom stereocenters. The summed E-state index contributed by atoms with van der Waals surface area (Å²) in [5, 5.41) is 5.49. The number of pyridine rings is 1. The zero-order valence-electron chi connectivity index (χ0n) is 12.3. The van der Waals surface area contributed by atoms with Crippen LogP contribution in [0.5, 0.6) is 0 Å². The van der Waals surface area contributed by atoms with Gasteiger partial charge in [0, 0.05) is 5.39 Å². The average molecular weight is 279 g/mol. The fourth-order valence-corrected chi connectivity index (χ4v) is 2.23. The fourth-order valence-electron chi connectivity index (χ4n) is 2.23. The number of para-hydroxylation sites is 1. The van der Waals surface area contributed by atoms with Gasteiger partial charge in [-0.15, -0.1) is 0 Å². The lowest BCUT2D eigenvalue weighted by Gasteiger charge is -2.06. The number of hydrogen-bond donors (Lipinski definition) is 1. The Balaban J connectivity index is 1.88. The standard InChI is InChI=1S/C17H17N3O/c1-11-10-17(18-15-7-5-4-6-14(11)15)20-19-13(3)16-9-8-12(2)21-16/h4-10H,1-3H3,(H,18,20)/b19-13+. The van der Waals surface area contributed by atoms with Gasteiger partial charge in [0.2, 0.25) is 0 Å². The van der Waals surface area contributed by atoms with Gasteiger partial charge in [-0.1, -0.05) is 18.2 Å². The Labute approximate surface area is 123 Å². The maximum absolute atomic E-state index is 5.54. The molecule has 0 radical (unpaired) electrons. The zero-order valence-corrected chi connectivity index (χ0v) is 12.3. The summed E-state index contributed by atoms with van der Waals surface area (Å²) in [4.78, 5) is 4.56. The molecule has 2 aromatic heterocycles. The van der Waals surface area contributed by atoms with Crippen LogP contribution in [0.2, 0.25) is 0 Å². The summed E-state index contributed by atoms with van der Waals surface area (Å²) in [7, 11) is 0. The molecule has 4 nitrogen and oxygen atoms in total. The van der Waals surface area contributed by atoms with Gasteiger partial charge in [0.1, 0.15) is 23.1 Å². The molecular weight excluding hydrogens is 262 g/mol. The van der Waals surface area contributed by atoms with Crippen LogP contribution in [0.4, 0.5) is 5.82 Å². The van der Waals surface area contributed by atoms with Crippen molar-refractivity contribution in [1.82, 2.24) is 4.98 Å². The topological polar surface area (TPSA) is 50.4 Å². The molecule has 0 spiro atoms. The molecular formula is C17H17N3O. The Morgan fingerprint density at radius 1 is 1.14 bits per heavy atom. The number of fused-ring (bicyclic) bond motifs is 1. The van der Waals surface area contributed by atoms with Gasteiger partial charge in [0.05, 0.1) is 5.52 Å². The molecule has 0 saturated heterocycles. The third kappa shape index (κ3) is 2.79. The van der Waals surface area contributed by atoms with E-state index >= 15 is 0 Å². The van der Waals surface area contributed by atoms with Gasteiger partial charge in [-0.25, -0.2) is 4.98 Å². The highest BCUT2D eigenvalue weighted by Gasteiger charge is 2.04. The summed E-state index contributed by atoms with van der Waals surface area (Å²) in [6.07, 6.45) is 0. The summed E-state index contributed by atoms with van der Waals surface area (Å²) in [6, 6.07) is 13.9. The van der Waals surface area contributed by atoms with Crippen LogP contribution in [0.3, 0.4) is 0 Å². The maximum Gasteiger partial charge on any atom is 0.149 e. The lowest BCUT2D eigenvalue weighted by atomic mass is 10.1. The number of anilines is 1. The number of furan rings is 1. The predicted molar refractivity (Wildman–Crippen MR) is 85.8 cm³/mol. The van der Waals surface area contributed by atoms with Gasteiger partial charge in [-0.2, -0.15) is 5.10 Å². The molecule has 0 unspecified atom stereocenters. The summed E-state index contributed by atoms with van der Waals surface area (Å²) in [6.45, 7) is 5.89. The van der Waals surface area contributed by atoms with E-state index in [2.05, 4.69) is 28.5 Å². The van der Waals surface area contributed by atoms with Crippen molar-refractivity contribution >= 4 is 22.4 Å². The molecule has 0 bridgehead atoms. The molecule has 0 aliphatic heterocycles. The van der Waals surface area contributed by atoms with E-state index in [-0.39, 0.29) is 0 Å². The molecule has 0 amide bonds. The number of hydrogen-bond acceptors (Lipinski definition) is 4. The van der Waals surface area contributed by atoms with Crippen molar-refractivity contribution in [3.05, 3.63) is 59.5 Å².